The van der Waals surface area contributed by atoms with E-state index in [9.17, 15) is 4.79 Å². The number of aliphatic imine (C=N–C) groups is 1. The van der Waals surface area contributed by atoms with Crippen LogP contribution >= 0.6 is 11.6 Å². The number of guanidine groups is 1. The molecule has 1 aliphatic rings. The quantitative estimate of drug-likeness (QED) is 0.660. The van der Waals surface area contributed by atoms with E-state index in [1.807, 2.05) is 25.1 Å². The second kappa shape index (κ2) is 8.78. The van der Waals surface area contributed by atoms with Crippen LogP contribution in [0.5, 0.6) is 0 Å². The molecule has 0 unspecified atom stereocenters. The molecule has 1 heterocycles. The predicted octanol–water partition coefficient (Wildman–Crippen LogP) is 1.52. The van der Waals surface area contributed by atoms with Gasteiger partial charge in [-0.25, -0.2) is 4.99 Å². The third-order valence-electron chi connectivity index (χ3n) is 3.95. The predicted molar refractivity (Wildman–Crippen MR) is 99.9 cm³/mol. The number of nitrogens with zero attached hydrogens (tertiary/aromatic N) is 4. The number of carbonyl (C=O) groups is 1. The van der Waals surface area contributed by atoms with Gasteiger partial charge in [-0.2, -0.15) is 0 Å². The lowest BCUT2D eigenvalue weighted by atomic mass is 10.2. The van der Waals surface area contributed by atoms with Crippen LogP contribution in [0.15, 0.2) is 29.3 Å². The van der Waals surface area contributed by atoms with Gasteiger partial charge in [-0.3, -0.25) is 4.79 Å². The molecule has 132 valence electrons. The first kappa shape index (κ1) is 18.4. The van der Waals surface area contributed by atoms with E-state index in [1.165, 1.54) is 0 Å². The van der Waals surface area contributed by atoms with Crippen molar-refractivity contribution in [2.45, 2.75) is 6.92 Å². The molecule has 24 heavy (non-hydrogen) atoms. The molecule has 1 amide bonds. The fraction of sp³-hybridized carbons (Fsp3) is 0.529. The van der Waals surface area contributed by atoms with Gasteiger partial charge in [0.25, 0.3) is 0 Å². The number of nitrogens with one attached hydrogen (secondary N) is 1. The van der Waals surface area contributed by atoms with Crippen molar-refractivity contribution in [2.75, 3.05) is 58.3 Å². The lowest BCUT2D eigenvalue weighted by molar-refractivity contribution is -0.127. The molecule has 0 saturated carbocycles. The number of hydrogen-bond donors (Lipinski definition) is 1. The van der Waals surface area contributed by atoms with Gasteiger partial charge >= 0.3 is 0 Å². The summed E-state index contributed by atoms with van der Waals surface area (Å²) in [6.45, 7) is 6.49. The van der Waals surface area contributed by atoms with Gasteiger partial charge < -0.3 is 20.0 Å². The van der Waals surface area contributed by atoms with Crippen LogP contribution in [-0.2, 0) is 4.79 Å². The number of benzene rings is 1. The van der Waals surface area contributed by atoms with Gasteiger partial charge in [0.05, 0.1) is 0 Å². The highest BCUT2D eigenvalue weighted by Gasteiger charge is 2.20. The van der Waals surface area contributed by atoms with Crippen LogP contribution in [0.25, 0.3) is 0 Å². The van der Waals surface area contributed by atoms with Gasteiger partial charge in [0.15, 0.2) is 5.96 Å². The van der Waals surface area contributed by atoms with E-state index >= 15 is 0 Å². The van der Waals surface area contributed by atoms with E-state index in [-0.39, 0.29) is 12.5 Å². The molecule has 1 aromatic rings. The molecular formula is C17H26ClN5O. The van der Waals surface area contributed by atoms with Crippen LogP contribution in [0.4, 0.5) is 5.69 Å². The molecule has 6 nitrogen and oxygen atoms in total. The highest BCUT2D eigenvalue weighted by molar-refractivity contribution is 6.30. The van der Waals surface area contributed by atoms with Gasteiger partial charge in [-0.1, -0.05) is 17.7 Å². The normalized spacial score (nSPS) is 15.4. The van der Waals surface area contributed by atoms with Crippen LogP contribution in [0.2, 0.25) is 5.02 Å². The number of rotatable bonds is 4. The summed E-state index contributed by atoms with van der Waals surface area (Å²) in [6.07, 6.45) is 0. The lowest BCUT2D eigenvalue weighted by Crippen LogP contribution is -2.52. The summed E-state index contributed by atoms with van der Waals surface area (Å²) in [7, 11) is 3.49. The first-order valence-electron chi connectivity index (χ1n) is 8.25. The van der Waals surface area contributed by atoms with Crippen LogP contribution in [0, 0.1) is 0 Å². The topological polar surface area (TPSA) is 51.2 Å². The van der Waals surface area contributed by atoms with Crippen molar-refractivity contribution in [2.24, 2.45) is 4.99 Å². The molecule has 0 aliphatic carbocycles. The molecule has 0 radical (unpaired) electrons. The van der Waals surface area contributed by atoms with Crippen molar-refractivity contribution in [1.82, 2.24) is 15.1 Å². The molecule has 7 heteroatoms. The van der Waals surface area contributed by atoms with Crippen LogP contribution in [-0.4, -0.2) is 75.0 Å². The standard InChI is InChI=1S/C17H26ClN5O/c1-4-19-17(20-13-16(24)21(2)3)23-10-8-22(9-11-23)15-7-5-6-14(18)12-15/h5-7,12H,4,8-11,13H2,1-3H3,(H,19,20). The minimum absolute atomic E-state index is 0.00275. The molecule has 1 N–H and O–H groups in total. The molecule has 1 saturated heterocycles. The lowest BCUT2D eigenvalue weighted by Gasteiger charge is -2.37. The van der Waals surface area contributed by atoms with Gasteiger partial charge in [0.2, 0.25) is 5.91 Å². The first-order chi connectivity index (χ1) is 11.5. The van der Waals surface area contributed by atoms with Crippen LogP contribution < -0.4 is 10.2 Å². The highest BCUT2D eigenvalue weighted by Crippen LogP contribution is 2.20. The number of halogens is 1. The summed E-state index contributed by atoms with van der Waals surface area (Å²) in [4.78, 5) is 22.3. The maximum absolute atomic E-state index is 11.8. The fourth-order valence-corrected chi connectivity index (χ4v) is 2.74. The Hall–Kier alpha value is -1.95. The second-order valence-electron chi connectivity index (χ2n) is 5.91. The number of carbonyl (C=O) groups excluding carboxylic acids is 1. The van der Waals surface area contributed by atoms with Crippen molar-refractivity contribution in [3.05, 3.63) is 29.3 Å². The minimum atomic E-state index is 0.00275. The van der Waals surface area contributed by atoms with Gasteiger partial charge in [-0.15, -0.1) is 0 Å². The largest absolute Gasteiger partial charge is 0.368 e. The van der Waals surface area contributed by atoms with Crippen molar-refractivity contribution in [3.63, 3.8) is 0 Å². The zero-order chi connectivity index (χ0) is 17.5. The number of amides is 1. The molecule has 0 aromatic heterocycles. The molecule has 1 aliphatic heterocycles. The Balaban J connectivity index is 1.97. The van der Waals surface area contributed by atoms with Gasteiger partial charge in [-0.05, 0) is 25.1 Å². The second-order valence-corrected chi connectivity index (χ2v) is 6.35. The summed E-state index contributed by atoms with van der Waals surface area (Å²) >= 11 is 6.08. The van der Waals surface area contributed by atoms with Crippen LogP contribution in [0.3, 0.4) is 0 Å². The van der Waals surface area contributed by atoms with E-state index < -0.39 is 0 Å². The number of piperazine rings is 1. The van der Waals surface area contributed by atoms with Crippen molar-refractivity contribution < 1.29 is 4.79 Å². The Labute approximate surface area is 149 Å². The van der Waals surface area contributed by atoms with Crippen molar-refractivity contribution >= 4 is 29.2 Å². The Morgan fingerprint density at radius 2 is 2.00 bits per heavy atom. The third kappa shape index (κ3) is 5.03. The van der Waals surface area contributed by atoms with Gasteiger partial charge in [0.1, 0.15) is 6.54 Å². The molecule has 0 bridgehead atoms. The Morgan fingerprint density at radius 3 is 2.58 bits per heavy atom. The summed E-state index contributed by atoms with van der Waals surface area (Å²) in [5.74, 6) is 0.807. The average molecular weight is 352 g/mol. The third-order valence-corrected chi connectivity index (χ3v) is 4.19. The molecule has 0 spiro atoms. The van der Waals surface area contributed by atoms with Gasteiger partial charge in [0, 0.05) is 57.5 Å². The SMILES string of the molecule is CCNC(=NCC(=O)N(C)C)N1CCN(c2cccc(Cl)c2)CC1. The zero-order valence-electron chi connectivity index (χ0n) is 14.6. The van der Waals surface area contributed by atoms with E-state index in [2.05, 4.69) is 26.2 Å². The van der Waals surface area contributed by atoms with E-state index in [4.69, 9.17) is 11.6 Å². The van der Waals surface area contributed by atoms with Crippen LogP contribution in [0.1, 0.15) is 6.92 Å². The molecule has 1 aromatic carbocycles. The van der Waals surface area contributed by atoms with E-state index in [0.717, 1.165) is 49.4 Å². The fourth-order valence-electron chi connectivity index (χ4n) is 2.56. The number of anilines is 1. The Kier molecular flexibility index (Phi) is 6.73. The molecule has 1 fully saturated rings. The number of likely N-dealkylation sites (N-methyl/N-ethyl adjacent to an activating group) is 1. The highest BCUT2D eigenvalue weighted by atomic mass is 35.5. The summed E-state index contributed by atoms with van der Waals surface area (Å²) in [5.41, 5.74) is 1.15. The molecule has 2 rings (SSSR count). The smallest absolute Gasteiger partial charge is 0.243 e. The zero-order valence-corrected chi connectivity index (χ0v) is 15.4. The average Bonchev–Trinajstić information content (AvgIpc) is 2.58. The Bertz CT molecular complexity index is 582. The monoisotopic (exact) mass is 351 g/mol. The molecular weight excluding hydrogens is 326 g/mol. The summed E-state index contributed by atoms with van der Waals surface area (Å²) in [6, 6.07) is 7.93. The maximum Gasteiger partial charge on any atom is 0.243 e. The van der Waals surface area contributed by atoms with E-state index in [0.29, 0.717) is 0 Å². The first-order valence-corrected chi connectivity index (χ1v) is 8.63. The van der Waals surface area contributed by atoms with Crippen molar-refractivity contribution in [3.8, 4) is 0 Å². The summed E-state index contributed by atoms with van der Waals surface area (Å²) < 4.78 is 0. The van der Waals surface area contributed by atoms with E-state index in [1.54, 1.807) is 19.0 Å². The molecule has 0 atom stereocenters. The summed E-state index contributed by atoms with van der Waals surface area (Å²) in [5, 5.41) is 4.03. The maximum atomic E-state index is 11.8. The Morgan fingerprint density at radius 1 is 1.29 bits per heavy atom. The minimum Gasteiger partial charge on any atom is -0.368 e. The number of hydrogen-bond acceptors (Lipinski definition) is 3. The van der Waals surface area contributed by atoms with Crippen molar-refractivity contribution in [1.29, 1.82) is 0 Å².